The lowest BCUT2D eigenvalue weighted by molar-refractivity contribution is 0.137. The Morgan fingerprint density at radius 1 is 1.14 bits per heavy atom. The van der Waals surface area contributed by atoms with Gasteiger partial charge in [-0.3, -0.25) is 0 Å². The second kappa shape index (κ2) is 8.21. The zero-order valence-electron chi connectivity index (χ0n) is 9.06. The standard InChI is InChI=1S/C11H23N2O/c12-6-10-14-9-2-1-3-11-4-7-13-8-5-11/h13H,1-10,12H2. The minimum Gasteiger partial charge on any atom is -0.380 e. The number of rotatable bonds is 7. The summed E-state index contributed by atoms with van der Waals surface area (Å²) >= 11 is 0. The molecule has 1 heterocycles. The molecule has 3 heteroatoms. The third-order valence-electron chi connectivity index (χ3n) is 2.64. The van der Waals surface area contributed by atoms with Gasteiger partial charge in [0.25, 0.3) is 0 Å². The molecule has 0 aromatic heterocycles. The molecule has 83 valence electrons. The van der Waals surface area contributed by atoms with Crippen LogP contribution in [0.15, 0.2) is 0 Å². The van der Waals surface area contributed by atoms with Crippen molar-refractivity contribution in [1.29, 1.82) is 0 Å². The van der Waals surface area contributed by atoms with Gasteiger partial charge in [-0.05, 0) is 44.7 Å². The van der Waals surface area contributed by atoms with E-state index in [4.69, 9.17) is 10.5 Å². The fourth-order valence-electron chi connectivity index (χ4n) is 1.79. The Morgan fingerprint density at radius 3 is 2.64 bits per heavy atom. The number of hydrogen-bond donors (Lipinski definition) is 2. The first-order valence-corrected chi connectivity index (χ1v) is 5.75. The van der Waals surface area contributed by atoms with Gasteiger partial charge >= 0.3 is 0 Å². The van der Waals surface area contributed by atoms with E-state index in [2.05, 4.69) is 5.32 Å². The fourth-order valence-corrected chi connectivity index (χ4v) is 1.79. The van der Waals surface area contributed by atoms with Crippen molar-refractivity contribution >= 4 is 0 Å². The van der Waals surface area contributed by atoms with Crippen molar-refractivity contribution in [3.63, 3.8) is 0 Å². The maximum Gasteiger partial charge on any atom is 0.0588 e. The smallest absolute Gasteiger partial charge is 0.0588 e. The van der Waals surface area contributed by atoms with Gasteiger partial charge in [-0.15, -0.1) is 0 Å². The number of unbranched alkanes of at least 4 members (excludes halogenated alkanes) is 1. The largest absolute Gasteiger partial charge is 0.380 e. The lowest BCUT2D eigenvalue weighted by Crippen LogP contribution is -2.26. The molecule has 0 aliphatic carbocycles. The maximum absolute atomic E-state index is 5.33. The molecule has 0 aromatic rings. The van der Waals surface area contributed by atoms with E-state index in [1.165, 1.54) is 45.2 Å². The van der Waals surface area contributed by atoms with Gasteiger partial charge in [0.1, 0.15) is 0 Å². The van der Waals surface area contributed by atoms with E-state index in [0.29, 0.717) is 13.2 Å². The monoisotopic (exact) mass is 199 g/mol. The highest BCUT2D eigenvalue weighted by Crippen LogP contribution is 2.20. The molecule has 1 rings (SSSR count). The van der Waals surface area contributed by atoms with Crippen molar-refractivity contribution in [2.24, 2.45) is 5.73 Å². The minimum absolute atomic E-state index is 0.642. The van der Waals surface area contributed by atoms with Gasteiger partial charge in [0.15, 0.2) is 0 Å². The van der Waals surface area contributed by atoms with Gasteiger partial charge in [-0.2, -0.15) is 0 Å². The molecular formula is C11H23N2O. The molecule has 3 N–H and O–H groups in total. The summed E-state index contributed by atoms with van der Waals surface area (Å²) < 4.78 is 5.33. The summed E-state index contributed by atoms with van der Waals surface area (Å²) in [5.74, 6) is 1.74. The predicted molar refractivity (Wildman–Crippen MR) is 59.1 cm³/mol. The molecule has 1 radical (unpaired) electrons. The Morgan fingerprint density at radius 2 is 1.93 bits per heavy atom. The van der Waals surface area contributed by atoms with Crippen LogP contribution >= 0.6 is 0 Å². The summed E-state index contributed by atoms with van der Waals surface area (Å²) in [6.45, 7) is 4.59. The molecule has 0 spiro atoms. The van der Waals surface area contributed by atoms with E-state index >= 15 is 0 Å². The Labute approximate surface area is 87.4 Å². The highest BCUT2D eigenvalue weighted by Gasteiger charge is 2.12. The molecule has 0 amide bonds. The van der Waals surface area contributed by atoms with E-state index in [1.54, 1.807) is 5.92 Å². The molecule has 0 bridgehead atoms. The Kier molecular flexibility index (Phi) is 7.01. The Hall–Kier alpha value is -0.120. The predicted octanol–water partition coefficient (Wildman–Crippen LogP) is 1.09. The maximum atomic E-state index is 5.33. The molecule has 0 aromatic carbocycles. The average molecular weight is 199 g/mol. The fraction of sp³-hybridized carbons (Fsp3) is 0.909. The van der Waals surface area contributed by atoms with Crippen molar-refractivity contribution in [3.05, 3.63) is 5.92 Å². The molecule has 0 saturated carbocycles. The summed E-state index contributed by atoms with van der Waals surface area (Å²) in [7, 11) is 0. The van der Waals surface area contributed by atoms with Gasteiger partial charge in [0, 0.05) is 13.2 Å². The summed E-state index contributed by atoms with van der Waals surface area (Å²) in [6.07, 6.45) is 6.32. The van der Waals surface area contributed by atoms with Crippen LogP contribution in [0.5, 0.6) is 0 Å². The topological polar surface area (TPSA) is 47.3 Å². The number of hydrogen-bond acceptors (Lipinski definition) is 3. The van der Waals surface area contributed by atoms with Crippen LogP contribution in [-0.2, 0) is 4.74 Å². The first kappa shape index (κ1) is 12.0. The van der Waals surface area contributed by atoms with Crippen molar-refractivity contribution < 1.29 is 4.74 Å². The summed E-state index contributed by atoms with van der Waals surface area (Å²) in [5, 5.41) is 3.37. The minimum atomic E-state index is 0.642. The highest BCUT2D eigenvalue weighted by molar-refractivity contribution is 4.93. The quantitative estimate of drug-likeness (QED) is 0.603. The summed E-state index contributed by atoms with van der Waals surface area (Å²) in [6, 6.07) is 0. The number of ether oxygens (including phenoxy) is 1. The Bertz CT molecular complexity index is 124. The van der Waals surface area contributed by atoms with Crippen molar-refractivity contribution in [2.45, 2.75) is 32.1 Å². The normalized spacial score (nSPS) is 18.6. The van der Waals surface area contributed by atoms with Crippen LogP contribution in [0.4, 0.5) is 0 Å². The van der Waals surface area contributed by atoms with Crippen LogP contribution in [0, 0.1) is 5.92 Å². The van der Waals surface area contributed by atoms with E-state index in [9.17, 15) is 0 Å². The van der Waals surface area contributed by atoms with Crippen LogP contribution in [-0.4, -0.2) is 32.8 Å². The molecule has 1 aliphatic rings. The van der Waals surface area contributed by atoms with Crippen molar-refractivity contribution in [2.75, 3.05) is 32.8 Å². The van der Waals surface area contributed by atoms with Crippen LogP contribution in [0.25, 0.3) is 0 Å². The van der Waals surface area contributed by atoms with E-state index in [1.807, 2.05) is 0 Å². The van der Waals surface area contributed by atoms with Crippen LogP contribution < -0.4 is 11.1 Å². The summed E-state index contributed by atoms with van der Waals surface area (Å²) in [5.41, 5.74) is 5.32. The van der Waals surface area contributed by atoms with Gasteiger partial charge in [-0.1, -0.05) is 6.42 Å². The van der Waals surface area contributed by atoms with E-state index in [-0.39, 0.29) is 0 Å². The van der Waals surface area contributed by atoms with Crippen LogP contribution in [0.3, 0.4) is 0 Å². The second-order valence-electron chi connectivity index (χ2n) is 3.86. The molecular weight excluding hydrogens is 176 g/mol. The summed E-state index contributed by atoms with van der Waals surface area (Å²) in [4.78, 5) is 0. The van der Waals surface area contributed by atoms with Gasteiger partial charge in [0.05, 0.1) is 6.61 Å². The van der Waals surface area contributed by atoms with Gasteiger partial charge < -0.3 is 15.8 Å². The lowest BCUT2D eigenvalue weighted by Gasteiger charge is -2.21. The Balaban J connectivity index is 1.82. The molecule has 0 unspecified atom stereocenters. The number of nitrogens with one attached hydrogen (secondary N) is 1. The highest BCUT2D eigenvalue weighted by atomic mass is 16.5. The first-order valence-electron chi connectivity index (χ1n) is 5.75. The molecule has 14 heavy (non-hydrogen) atoms. The molecule has 0 atom stereocenters. The molecule has 1 fully saturated rings. The SMILES string of the molecule is NCCOCCCC[C]1CCNCC1. The first-order chi connectivity index (χ1) is 6.93. The second-order valence-corrected chi connectivity index (χ2v) is 3.86. The third kappa shape index (κ3) is 5.58. The van der Waals surface area contributed by atoms with E-state index < -0.39 is 0 Å². The van der Waals surface area contributed by atoms with Gasteiger partial charge in [-0.25, -0.2) is 0 Å². The zero-order valence-corrected chi connectivity index (χ0v) is 9.06. The number of piperidine rings is 1. The molecule has 1 saturated heterocycles. The van der Waals surface area contributed by atoms with Crippen LogP contribution in [0.2, 0.25) is 0 Å². The lowest BCUT2D eigenvalue weighted by atomic mass is 9.93. The zero-order chi connectivity index (χ0) is 10.1. The molecule has 3 nitrogen and oxygen atoms in total. The van der Waals surface area contributed by atoms with Gasteiger partial charge in [0.2, 0.25) is 0 Å². The number of nitrogens with two attached hydrogens (primary N) is 1. The third-order valence-corrected chi connectivity index (χ3v) is 2.64. The van der Waals surface area contributed by atoms with Crippen molar-refractivity contribution in [3.8, 4) is 0 Å². The molecule has 1 aliphatic heterocycles. The van der Waals surface area contributed by atoms with Crippen molar-refractivity contribution in [1.82, 2.24) is 5.32 Å². The van der Waals surface area contributed by atoms with Crippen LogP contribution in [0.1, 0.15) is 32.1 Å². The van der Waals surface area contributed by atoms with E-state index in [0.717, 1.165) is 6.61 Å². The average Bonchev–Trinajstić information content (AvgIpc) is 2.25.